The SMILES string of the molecule is COc1cc(/C=N\NC(=O)c2ccc(Cl)cc2Cl)cc(Br)c1OCc1cccc2ccccc12. The van der Waals surface area contributed by atoms with Gasteiger partial charge in [-0.25, -0.2) is 5.43 Å². The molecule has 0 aliphatic carbocycles. The normalized spacial score (nSPS) is 11.1. The van der Waals surface area contributed by atoms with Crippen molar-refractivity contribution in [3.8, 4) is 11.5 Å². The molecule has 172 valence electrons. The van der Waals surface area contributed by atoms with Crippen molar-refractivity contribution in [2.24, 2.45) is 5.10 Å². The van der Waals surface area contributed by atoms with Gasteiger partial charge in [0.05, 0.1) is 28.4 Å². The Morgan fingerprint density at radius 3 is 2.65 bits per heavy atom. The zero-order valence-electron chi connectivity index (χ0n) is 18.0. The van der Waals surface area contributed by atoms with Crippen molar-refractivity contribution >= 4 is 62.0 Å². The van der Waals surface area contributed by atoms with Crippen LogP contribution in [0.5, 0.6) is 11.5 Å². The Balaban J connectivity index is 1.48. The van der Waals surface area contributed by atoms with Crippen molar-refractivity contribution < 1.29 is 14.3 Å². The van der Waals surface area contributed by atoms with Gasteiger partial charge in [0.1, 0.15) is 6.61 Å². The highest BCUT2D eigenvalue weighted by molar-refractivity contribution is 9.10. The van der Waals surface area contributed by atoms with E-state index in [1.54, 1.807) is 19.2 Å². The van der Waals surface area contributed by atoms with Crippen LogP contribution in [0.2, 0.25) is 10.0 Å². The number of amides is 1. The minimum atomic E-state index is -0.445. The van der Waals surface area contributed by atoms with E-state index in [2.05, 4.69) is 44.7 Å². The lowest BCUT2D eigenvalue weighted by Gasteiger charge is -2.14. The van der Waals surface area contributed by atoms with E-state index in [0.717, 1.165) is 16.3 Å². The van der Waals surface area contributed by atoms with Crippen LogP contribution in [0.25, 0.3) is 10.8 Å². The average molecular weight is 558 g/mol. The number of carbonyl (C=O) groups excluding carboxylic acids is 1. The third kappa shape index (κ3) is 5.53. The van der Waals surface area contributed by atoms with E-state index < -0.39 is 5.91 Å². The summed E-state index contributed by atoms with van der Waals surface area (Å²) in [5.74, 6) is 0.659. The predicted octanol–water partition coefficient (Wildman–Crippen LogP) is 7.26. The molecule has 0 aliphatic rings. The largest absolute Gasteiger partial charge is 0.493 e. The van der Waals surface area contributed by atoms with Gasteiger partial charge < -0.3 is 9.47 Å². The molecule has 0 bridgehead atoms. The molecule has 4 rings (SSSR count). The maximum absolute atomic E-state index is 12.3. The number of hydrazone groups is 1. The molecule has 5 nitrogen and oxygen atoms in total. The van der Waals surface area contributed by atoms with Crippen LogP contribution < -0.4 is 14.9 Å². The Morgan fingerprint density at radius 2 is 1.85 bits per heavy atom. The lowest BCUT2D eigenvalue weighted by molar-refractivity contribution is 0.0955. The van der Waals surface area contributed by atoms with E-state index in [1.807, 2.05) is 30.3 Å². The lowest BCUT2D eigenvalue weighted by atomic mass is 10.1. The smallest absolute Gasteiger partial charge is 0.272 e. The van der Waals surface area contributed by atoms with Crippen molar-refractivity contribution in [1.82, 2.24) is 5.43 Å². The van der Waals surface area contributed by atoms with E-state index in [0.29, 0.717) is 33.2 Å². The first kappa shape index (κ1) is 24.1. The van der Waals surface area contributed by atoms with E-state index >= 15 is 0 Å². The number of ether oxygens (including phenoxy) is 2. The molecule has 0 aromatic heterocycles. The Morgan fingerprint density at radius 1 is 1.06 bits per heavy atom. The number of methoxy groups -OCH3 is 1. The van der Waals surface area contributed by atoms with Gasteiger partial charge in [0.2, 0.25) is 0 Å². The molecule has 4 aromatic carbocycles. The summed E-state index contributed by atoms with van der Waals surface area (Å²) in [5.41, 5.74) is 4.50. The van der Waals surface area contributed by atoms with Crippen molar-refractivity contribution in [1.29, 1.82) is 0 Å². The van der Waals surface area contributed by atoms with E-state index in [9.17, 15) is 4.79 Å². The molecule has 0 radical (unpaired) electrons. The van der Waals surface area contributed by atoms with Gasteiger partial charge in [-0.2, -0.15) is 5.10 Å². The minimum Gasteiger partial charge on any atom is -0.493 e. The highest BCUT2D eigenvalue weighted by atomic mass is 79.9. The highest BCUT2D eigenvalue weighted by Crippen LogP contribution is 2.37. The maximum Gasteiger partial charge on any atom is 0.272 e. The Labute approximate surface area is 215 Å². The van der Waals surface area contributed by atoms with Gasteiger partial charge in [-0.1, -0.05) is 65.7 Å². The monoisotopic (exact) mass is 556 g/mol. The molecule has 0 unspecified atom stereocenters. The third-order valence-electron chi connectivity index (χ3n) is 5.06. The van der Waals surface area contributed by atoms with Crippen LogP contribution in [0.4, 0.5) is 0 Å². The first-order valence-corrected chi connectivity index (χ1v) is 11.8. The summed E-state index contributed by atoms with van der Waals surface area (Å²) in [6.07, 6.45) is 1.50. The zero-order valence-corrected chi connectivity index (χ0v) is 21.1. The second kappa shape index (κ2) is 10.9. The number of nitrogens with zero attached hydrogens (tertiary/aromatic N) is 1. The molecule has 0 heterocycles. The minimum absolute atomic E-state index is 0.248. The topological polar surface area (TPSA) is 59.9 Å². The standard InChI is InChI=1S/C26H19BrCl2N2O3/c1-33-24-12-16(14-30-31-26(32)21-10-9-19(28)13-23(21)29)11-22(27)25(24)34-15-18-7-4-6-17-5-2-3-8-20(17)18/h2-14H,15H2,1H3,(H,31,32)/b30-14-. The third-order valence-corrected chi connectivity index (χ3v) is 6.20. The van der Waals surface area contributed by atoms with Gasteiger partial charge >= 0.3 is 0 Å². The fourth-order valence-corrected chi connectivity index (χ4v) is 4.49. The number of rotatable bonds is 7. The number of fused-ring (bicyclic) bond motifs is 1. The number of nitrogens with one attached hydrogen (secondary N) is 1. The summed E-state index contributed by atoms with van der Waals surface area (Å²) in [4.78, 5) is 12.3. The zero-order chi connectivity index (χ0) is 24.1. The van der Waals surface area contributed by atoms with Gasteiger partial charge in [-0.15, -0.1) is 0 Å². The van der Waals surface area contributed by atoms with Crippen LogP contribution in [0.15, 0.2) is 82.4 Å². The van der Waals surface area contributed by atoms with E-state index in [1.165, 1.54) is 18.3 Å². The maximum atomic E-state index is 12.3. The van der Waals surface area contributed by atoms with Gasteiger partial charge in [-0.05, 0) is 68.2 Å². The second-order valence-corrected chi connectivity index (χ2v) is 8.98. The molecule has 0 atom stereocenters. The molecule has 0 aliphatic heterocycles. The number of halogens is 3. The summed E-state index contributed by atoms with van der Waals surface area (Å²) >= 11 is 15.5. The fraction of sp³-hybridized carbons (Fsp3) is 0.0769. The second-order valence-electron chi connectivity index (χ2n) is 7.28. The van der Waals surface area contributed by atoms with Crippen LogP contribution in [0.1, 0.15) is 21.5 Å². The van der Waals surface area contributed by atoms with Crippen molar-refractivity contribution in [3.63, 3.8) is 0 Å². The van der Waals surface area contributed by atoms with Crippen LogP contribution in [-0.2, 0) is 6.61 Å². The van der Waals surface area contributed by atoms with Gasteiger partial charge in [0.15, 0.2) is 11.5 Å². The molecule has 0 saturated heterocycles. The van der Waals surface area contributed by atoms with E-state index in [-0.39, 0.29) is 10.6 Å². The quantitative estimate of drug-likeness (QED) is 0.192. The fourth-order valence-electron chi connectivity index (χ4n) is 3.42. The Hall–Kier alpha value is -3.06. The molecular formula is C26H19BrCl2N2O3. The first-order chi connectivity index (χ1) is 16.5. The van der Waals surface area contributed by atoms with Gasteiger partial charge in [-0.3, -0.25) is 4.79 Å². The molecule has 34 heavy (non-hydrogen) atoms. The molecule has 1 N–H and O–H groups in total. The van der Waals surface area contributed by atoms with Crippen molar-refractivity contribution in [3.05, 3.63) is 104 Å². The predicted molar refractivity (Wildman–Crippen MR) is 140 cm³/mol. The molecule has 1 amide bonds. The Bertz CT molecular complexity index is 1390. The summed E-state index contributed by atoms with van der Waals surface area (Å²) in [6.45, 7) is 0.377. The lowest BCUT2D eigenvalue weighted by Crippen LogP contribution is -2.18. The van der Waals surface area contributed by atoms with Crippen LogP contribution in [0.3, 0.4) is 0 Å². The van der Waals surface area contributed by atoms with Crippen LogP contribution in [0, 0.1) is 0 Å². The van der Waals surface area contributed by atoms with Crippen molar-refractivity contribution in [2.45, 2.75) is 6.61 Å². The van der Waals surface area contributed by atoms with Crippen LogP contribution >= 0.6 is 39.1 Å². The average Bonchev–Trinajstić information content (AvgIpc) is 2.83. The van der Waals surface area contributed by atoms with Crippen LogP contribution in [-0.4, -0.2) is 19.2 Å². The van der Waals surface area contributed by atoms with E-state index in [4.69, 9.17) is 32.7 Å². The number of hydrogen-bond donors (Lipinski definition) is 1. The first-order valence-electron chi connectivity index (χ1n) is 10.2. The molecule has 8 heteroatoms. The highest BCUT2D eigenvalue weighted by Gasteiger charge is 2.13. The van der Waals surface area contributed by atoms with Gasteiger partial charge in [0, 0.05) is 5.02 Å². The summed E-state index contributed by atoms with van der Waals surface area (Å²) in [7, 11) is 1.57. The molecule has 4 aromatic rings. The Kier molecular flexibility index (Phi) is 7.73. The molecular weight excluding hydrogens is 539 g/mol. The van der Waals surface area contributed by atoms with Gasteiger partial charge in [0.25, 0.3) is 5.91 Å². The molecule has 0 spiro atoms. The molecule has 0 fully saturated rings. The summed E-state index contributed by atoms with van der Waals surface area (Å²) in [6, 6.07) is 22.5. The number of benzene rings is 4. The number of carbonyl (C=O) groups is 1. The summed E-state index contributed by atoms with van der Waals surface area (Å²) in [5, 5.41) is 7.01. The number of hydrogen-bond acceptors (Lipinski definition) is 4. The molecule has 0 saturated carbocycles. The van der Waals surface area contributed by atoms with Crippen molar-refractivity contribution in [2.75, 3.05) is 7.11 Å². The summed E-state index contributed by atoms with van der Waals surface area (Å²) < 4.78 is 12.3.